The normalized spacial score (nSPS) is 28.0. The average molecular weight is 212 g/mol. The Balaban J connectivity index is 2.47. The molecule has 1 nitrogen and oxygen atoms in total. The van der Waals surface area contributed by atoms with Crippen molar-refractivity contribution in [2.24, 2.45) is 5.92 Å². The molecule has 2 atom stereocenters. The molecule has 0 aromatic rings. The average Bonchev–Trinajstić information content (AvgIpc) is 2.32. The van der Waals surface area contributed by atoms with Gasteiger partial charge < -0.3 is 4.43 Å². The summed E-state index contributed by atoms with van der Waals surface area (Å²) in [5.41, 5.74) is 1.31. The highest BCUT2D eigenvalue weighted by Crippen LogP contribution is 2.34. The summed E-state index contributed by atoms with van der Waals surface area (Å²) in [6.45, 7) is 13.0. The highest BCUT2D eigenvalue weighted by Gasteiger charge is 2.31. The minimum absolute atomic E-state index is 0.526. The minimum atomic E-state index is -1.34. The molecule has 0 aliphatic heterocycles. The highest BCUT2D eigenvalue weighted by atomic mass is 28.4. The molecule has 0 aromatic carbocycles. The Kier molecular flexibility index (Phi) is 3.96. The summed E-state index contributed by atoms with van der Waals surface area (Å²) < 4.78 is 6.21. The Labute approximate surface area is 89.7 Å². The van der Waals surface area contributed by atoms with Gasteiger partial charge in [-0.1, -0.05) is 12.0 Å². The molecule has 0 spiro atoms. The number of hydrogen-bond acceptors (Lipinski definition) is 1. The van der Waals surface area contributed by atoms with E-state index in [1.807, 2.05) is 0 Å². The van der Waals surface area contributed by atoms with E-state index < -0.39 is 8.32 Å². The van der Waals surface area contributed by atoms with Crippen LogP contribution in [0.2, 0.25) is 19.6 Å². The first-order valence-electron chi connectivity index (χ1n) is 5.71. The van der Waals surface area contributed by atoms with Gasteiger partial charge in [-0.3, -0.25) is 0 Å². The molecule has 82 valence electrons. The quantitative estimate of drug-likeness (QED) is 0.506. The molecule has 2 heteroatoms. The molecule has 1 rings (SSSR count). The van der Waals surface area contributed by atoms with Crippen LogP contribution >= 0.6 is 0 Å². The van der Waals surface area contributed by atoms with E-state index >= 15 is 0 Å². The summed E-state index contributed by atoms with van der Waals surface area (Å²) in [5.74, 6) is 0.749. The predicted molar refractivity (Wildman–Crippen MR) is 65.0 cm³/mol. The summed E-state index contributed by atoms with van der Waals surface area (Å²) in [4.78, 5) is 0. The lowest BCUT2D eigenvalue weighted by Gasteiger charge is -2.28. The Bertz CT molecular complexity index is 205. The molecule has 0 aromatic heterocycles. The van der Waals surface area contributed by atoms with Gasteiger partial charge >= 0.3 is 0 Å². The van der Waals surface area contributed by atoms with Crippen LogP contribution in [0.15, 0.2) is 12.2 Å². The van der Waals surface area contributed by atoms with Crippen LogP contribution in [0.5, 0.6) is 0 Å². The fourth-order valence-electron chi connectivity index (χ4n) is 2.29. The summed E-state index contributed by atoms with van der Waals surface area (Å²) in [5, 5.41) is 0. The number of allylic oxidation sites excluding steroid dienone is 1. The van der Waals surface area contributed by atoms with E-state index in [1.54, 1.807) is 0 Å². The fourth-order valence-corrected chi connectivity index (χ4v) is 3.51. The second-order valence-corrected chi connectivity index (χ2v) is 10.1. The molecule has 0 saturated heterocycles. The van der Waals surface area contributed by atoms with Crippen molar-refractivity contribution in [2.75, 3.05) is 0 Å². The van der Waals surface area contributed by atoms with Gasteiger partial charge in [-0.15, -0.1) is 6.58 Å². The van der Waals surface area contributed by atoms with Crippen molar-refractivity contribution in [3.05, 3.63) is 12.2 Å². The van der Waals surface area contributed by atoms with E-state index in [-0.39, 0.29) is 0 Å². The van der Waals surface area contributed by atoms with Crippen LogP contribution in [0, 0.1) is 5.92 Å². The molecule has 2 unspecified atom stereocenters. The Hall–Kier alpha value is -0.0831. The molecule has 1 fully saturated rings. The molecule has 1 aliphatic carbocycles. The smallest absolute Gasteiger partial charge is 0.184 e. The van der Waals surface area contributed by atoms with Crippen LogP contribution < -0.4 is 0 Å². The lowest BCUT2D eigenvalue weighted by atomic mass is 9.98. The molecular weight excluding hydrogens is 188 g/mol. The van der Waals surface area contributed by atoms with Gasteiger partial charge in [0.25, 0.3) is 0 Å². The van der Waals surface area contributed by atoms with E-state index in [0.717, 1.165) is 12.3 Å². The molecule has 0 N–H and O–H groups in total. The van der Waals surface area contributed by atoms with Crippen LogP contribution in [0.25, 0.3) is 0 Å². The topological polar surface area (TPSA) is 9.23 Å². The third-order valence-electron chi connectivity index (χ3n) is 2.70. The fraction of sp³-hybridized carbons (Fsp3) is 0.833. The molecule has 0 bridgehead atoms. The molecule has 1 saturated carbocycles. The molecular formula is C12H24OSi. The maximum absolute atomic E-state index is 6.21. The highest BCUT2D eigenvalue weighted by molar-refractivity contribution is 6.69. The molecule has 0 amide bonds. The van der Waals surface area contributed by atoms with Crippen molar-refractivity contribution in [1.29, 1.82) is 0 Å². The van der Waals surface area contributed by atoms with Gasteiger partial charge in [0, 0.05) is 6.10 Å². The van der Waals surface area contributed by atoms with Crippen molar-refractivity contribution in [1.82, 2.24) is 0 Å². The summed E-state index contributed by atoms with van der Waals surface area (Å²) in [6, 6.07) is 0. The zero-order valence-corrected chi connectivity index (χ0v) is 11.1. The molecule has 14 heavy (non-hydrogen) atoms. The Morgan fingerprint density at radius 2 is 2.00 bits per heavy atom. The van der Waals surface area contributed by atoms with Gasteiger partial charge in [0.1, 0.15) is 0 Å². The van der Waals surface area contributed by atoms with Gasteiger partial charge in [0.2, 0.25) is 0 Å². The van der Waals surface area contributed by atoms with Gasteiger partial charge in [0.15, 0.2) is 8.32 Å². The van der Waals surface area contributed by atoms with Crippen LogP contribution in [-0.2, 0) is 4.43 Å². The van der Waals surface area contributed by atoms with Crippen molar-refractivity contribution in [3.63, 3.8) is 0 Å². The second-order valence-electron chi connectivity index (χ2n) is 5.62. The van der Waals surface area contributed by atoms with E-state index in [9.17, 15) is 0 Å². The van der Waals surface area contributed by atoms with E-state index in [1.165, 1.54) is 24.8 Å². The number of hydrogen-bond donors (Lipinski definition) is 0. The Morgan fingerprint density at radius 3 is 2.50 bits per heavy atom. The zero-order valence-electron chi connectivity index (χ0n) is 10.1. The predicted octanol–water partition coefficient (Wildman–Crippen LogP) is 3.97. The first kappa shape index (κ1) is 12.0. The summed E-state index contributed by atoms with van der Waals surface area (Å²) >= 11 is 0. The van der Waals surface area contributed by atoms with E-state index in [0.29, 0.717) is 6.10 Å². The summed E-state index contributed by atoms with van der Waals surface area (Å²) in [7, 11) is -1.34. The first-order valence-corrected chi connectivity index (χ1v) is 9.11. The van der Waals surface area contributed by atoms with Crippen LogP contribution in [0.3, 0.4) is 0 Å². The molecule has 0 heterocycles. The van der Waals surface area contributed by atoms with E-state index in [2.05, 4.69) is 33.1 Å². The monoisotopic (exact) mass is 212 g/mol. The lowest BCUT2D eigenvalue weighted by molar-refractivity contribution is 0.151. The van der Waals surface area contributed by atoms with Gasteiger partial charge in [-0.25, -0.2) is 0 Å². The van der Waals surface area contributed by atoms with Gasteiger partial charge in [-0.2, -0.15) is 0 Å². The SMILES string of the molecule is C=C(C)CC1CCCC1O[Si](C)(C)C. The maximum atomic E-state index is 6.21. The lowest BCUT2D eigenvalue weighted by Crippen LogP contribution is -2.34. The molecule has 1 aliphatic rings. The van der Waals surface area contributed by atoms with Crippen LogP contribution in [0.4, 0.5) is 0 Å². The van der Waals surface area contributed by atoms with Crippen LogP contribution in [0.1, 0.15) is 32.6 Å². The van der Waals surface area contributed by atoms with Crippen LogP contribution in [-0.4, -0.2) is 14.4 Å². The zero-order chi connectivity index (χ0) is 10.8. The molecule has 0 radical (unpaired) electrons. The number of rotatable bonds is 4. The minimum Gasteiger partial charge on any atom is -0.414 e. The van der Waals surface area contributed by atoms with Gasteiger partial charge in [0.05, 0.1) is 0 Å². The van der Waals surface area contributed by atoms with Gasteiger partial charge in [-0.05, 0) is 51.7 Å². The van der Waals surface area contributed by atoms with Crippen molar-refractivity contribution >= 4 is 8.32 Å². The Morgan fingerprint density at radius 1 is 1.36 bits per heavy atom. The first-order chi connectivity index (χ1) is 6.38. The summed E-state index contributed by atoms with van der Waals surface area (Å²) in [6.07, 6.45) is 5.63. The standard InChI is InChI=1S/C12H24OSi/c1-10(2)9-11-7-6-8-12(11)13-14(3,4)5/h11-12H,1,6-9H2,2-5H3. The largest absolute Gasteiger partial charge is 0.414 e. The maximum Gasteiger partial charge on any atom is 0.184 e. The third-order valence-corrected chi connectivity index (χ3v) is 3.71. The second kappa shape index (κ2) is 4.62. The van der Waals surface area contributed by atoms with Crippen molar-refractivity contribution < 1.29 is 4.43 Å². The van der Waals surface area contributed by atoms with Crippen molar-refractivity contribution in [2.45, 2.75) is 58.4 Å². The van der Waals surface area contributed by atoms with Crippen molar-refractivity contribution in [3.8, 4) is 0 Å². The van der Waals surface area contributed by atoms with E-state index in [4.69, 9.17) is 4.43 Å². The third kappa shape index (κ3) is 3.97.